The molecule has 0 aromatic rings. The Balaban J connectivity index is 2.04. The van der Waals surface area contributed by atoms with Crippen LogP contribution in [0.3, 0.4) is 0 Å². The summed E-state index contributed by atoms with van der Waals surface area (Å²) in [7, 11) is 0. The molecule has 3 aliphatic rings. The fourth-order valence-electron chi connectivity index (χ4n) is 4.78. The standard InChI is InChI=1S/C20H26O8/c1-9(4-5-21)18(24)27-13-7-20(26,8-22)16-12(23)6-10(2)14(16)17-15(13)11(3)19(25)28-17/h4,6,12-17,21-23,26H,3,5,7-8H2,1-2H3/b9-4+/t12-,13-,14+,15-,16-,17-,20+/m1/s1. The number of rotatable bonds is 4. The molecule has 1 saturated heterocycles. The van der Waals surface area contributed by atoms with E-state index in [9.17, 15) is 24.9 Å². The molecule has 7 atom stereocenters. The van der Waals surface area contributed by atoms with E-state index < -0.39 is 60.2 Å². The largest absolute Gasteiger partial charge is 0.458 e. The van der Waals surface area contributed by atoms with Gasteiger partial charge in [0.15, 0.2) is 0 Å². The van der Waals surface area contributed by atoms with Crippen LogP contribution in [0.15, 0.2) is 35.5 Å². The quantitative estimate of drug-likeness (QED) is 0.288. The molecule has 0 amide bonds. The van der Waals surface area contributed by atoms with Gasteiger partial charge in [-0.2, -0.15) is 0 Å². The molecule has 3 rings (SSSR count). The SMILES string of the molecule is C=C1C(=O)O[C@@H]2[C@H]3C(C)=C[C@@H](O)[C@H]3[C@@](O)(CO)C[C@@H](OC(=O)/C(C)=C/CO)[C@@H]12. The Morgan fingerprint density at radius 2 is 2.11 bits per heavy atom. The predicted octanol–water partition coefficient (Wildman–Crippen LogP) is -0.385. The Bertz CT molecular complexity index is 753. The minimum absolute atomic E-state index is 0.127. The number of aliphatic hydroxyl groups excluding tert-OH is 3. The normalized spacial score (nSPS) is 40.4. The number of hydrogen-bond acceptors (Lipinski definition) is 8. The molecule has 0 aromatic carbocycles. The smallest absolute Gasteiger partial charge is 0.334 e. The molecule has 2 aliphatic carbocycles. The first-order valence-corrected chi connectivity index (χ1v) is 9.22. The molecule has 0 aromatic heterocycles. The summed E-state index contributed by atoms with van der Waals surface area (Å²) in [6, 6.07) is 0. The fourth-order valence-corrected chi connectivity index (χ4v) is 4.78. The molecular formula is C20H26O8. The molecule has 0 bridgehead atoms. The van der Waals surface area contributed by atoms with Gasteiger partial charge in [0, 0.05) is 29.4 Å². The molecule has 4 N–H and O–H groups in total. The summed E-state index contributed by atoms with van der Waals surface area (Å²) in [6.07, 6.45) is -0.146. The second-order valence-corrected chi connectivity index (χ2v) is 7.85. The van der Waals surface area contributed by atoms with Crippen molar-refractivity contribution < 1.29 is 39.5 Å². The van der Waals surface area contributed by atoms with E-state index in [0.717, 1.165) is 5.57 Å². The van der Waals surface area contributed by atoms with Gasteiger partial charge in [-0.3, -0.25) is 0 Å². The summed E-state index contributed by atoms with van der Waals surface area (Å²) < 4.78 is 11.1. The minimum atomic E-state index is -1.76. The van der Waals surface area contributed by atoms with Gasteiger partial charge in [0.05, 0.1) is 30.8 Å². The number of carbonyl (C=O) groups is 2. The number of esters is 2. The summed E-state index contributed by atoms with van der Waals surface area (Å²) in [5.41, 5.74) is -0.732. The van der Waals surface area contributed by atoms with Gasteiger partial charge in [0.25, 0.3) is 0 Å². The van der Waals surface area contributed by atoms with Crippen LogP contribution in [-0.2, 0) is 19.1 Å². The topological polar surface area (TPSA) is 134 Å². The second kappa shape index (κ2) is 7.44. The number of ether oxygens (including phenoxy) is 2. The monoisotopic (exact) mass is 394 g/mol. The van der Waals surface area contributed by atoms with E-state index in [4.69, 9.17) is 14.6 Å². The van der Waals surface area contributed by atoms with Gasteiger partial charge in [-0.1, -0.05) is 18.2 Å². The maximum absolute atomic E-state index is 12.4. The molecule has 1 heterocycles. The van der Waals surface area contributed by atoms with Gasteiger partial charge in [0.1, 0.15) is 12.2 Å². The van der Waals surface area contributed by atoms with E-state index >= 15 is 0 Å². The van der Waals surface area contributed by atoms with Gasteiger partial charge in [-0.25, -0.2) is 9.59 Å². The Morgan fingerprint density at radius 3 is 2.71 bits per heavy atom. The van der Waals surface area contributed by atoms with Crippen molar-refractivity contribution in [1.29, 1.82) is 0 Å². The first-order valence-electron chi connectivity index (χ1n) is 9.22. The summed E-state index contributed by atoms with van der Waals surface area (Å²) in [4.78, 5) is 24.6. The van der Waals surface area contributed by atoms with E-state index in [0.29, 0.717) is 0 Å². The number of fused-ring (bicyclic) bond motifs is 3. The summed E-state index contributed by atoms with van der Waals surface area (Å²) in [5.74, 6) is -3.41. The van der Waals surface area contributed by atoms with Gasteiger partial charge in [-0.05, 0) is 19.9 Å². The van der Waals surface area contributed by atoms with Crippen LogP contribution >= 0.6 is 0 Å². The molecule has 8 nitrogen and oxygen atoms in total. The van der Waals surface area contributed by atoms with Crippen LogP contribution in [0.25, 0.3) is 0 Å². The van der Waals surface area contributed by atoms with Crippen molar-refractivity contribution >= 4 is 11.9 Å². The first-order chi connectivity index (χ1) is 13.1. The van der Waals surface area contributed by atoms with Crippen LogP contribution in [0.4, 0.5) is 0 Å². The Hall–Kier alpha value is -2.00. The first kappa shape index (κ1) is 20.7. The second-order valence-electron chi connectivity index (χ2n) is 7.85. The lowest BCUT2D eigenvalue weighted by Crippen LogP contribution is -2.50. The van der Waals surface area contributed by atoms with E-state index in [1.54, 1.807) is 13.0 Å². The van der Waals surface area contributed by atoms with Gasteiger partial charge in [0.2, 0.25) is 0 Å². The zero-order valence-corrected chi connectivity index (χ0v) is 15.9. The third-order valence-corrected chi connectivity index (χ3v) is 6.16. The molecule has 0 unspecified atom stereocenters. The van der Waals surface area contributed by atoms with E-state index in [-0.39, 0.29) is 24.2 Å². The highest BCUT2D eigenvalue weighted by molar-refractivity contribution is 5.91. The van der Waals surface area contributed by atoms with Gasteiger partial charge >= 0.3 is 11.9 Å². The van der Waals surface area contributed by atoms with Crippen LogP contribution in [0, 0.1) is 17.8 Å². The molecule has 0 radical (unpaired) electrons. The predicted molar refractivity (Wildman–Crippen MR) is 96.6 cm³/mol. The van der Waals surface area contributed by atoms with Crippen molar-refractivity contribution in [3.8, 4) is 0 Å². The summed E-state index contributed by atoms with van der Waals surface area (Å²) >= 11 is 0. The third-order valence-electron chi connectivity index (χ3n) is 6.16. The maximum Gasteiger partial charge on any atom is 0.334 e. The summed E-state index contributed by atoms with van der Waals surface area (Å²) in [6.45, 7) is 6.02. The van der Waals surface area contributed by atoms with Crippen molar-refractivity contribution in [2.24, 2.45) is 17.8 Å². The molecule has 8 heteroatoms. The molecule has 1 aliphatic heterocycles. The van der Waals surface area contributed by atoms with Crippen LogP contribution in [0.1, 0.15) is 20.3 Å². The van der Waals surface area contributed by atoms with Crippen molar-refractivity contribution in [2.45, 2.75) is 44.2 Å². The van der Waals surface area contributed by atoms with Crippen LogP contribution in [0.5, 0.6) is 0 Å². The lowest BCUT2D eigenvalue weighted by Gasteiger charge is -2.38. The fraction of sp³-hybridized carbons (Fsp3) is 0.600. The molecule has 2 fully saturated rings. The highest BCUT2D eigenvalue weighted by atomic mass is 16.6. The molecule has 1 saturated carbocycles. The minimum Gasteiger partial charge on any atom is -0.458 e. The van der Waals surface area contributed by atoms with Crippen LogP contribution in [-0.4, -0.2) is 69.5 Å². The lowest BCUT2D eigenvalue weighted by molar-refractivity contribution is -0.154. The average molecular weight is 394 g/mol. The molecular weight excluding hydrogens is 368 g/mol. The molecule has 28 heavy (non-hydrogen) atoms. The molecule has 154 valence electrons. The third kappa shape index (κ3) is 3.20. The average Bonchev–Trinajstić information content (AvgIpc) is 3.05. The number of aliphatic hydroxyl groups is 4. The Labute approximate surface area is 162 Å². The van der Waals surface area contributed by atoms with E-state index in [2.05, 4.69) is 6.58 Å². The van der Waals surface area contributed by atoms with Crippen molar-refractivity contribution in [3.05, 3.63) is 35.5 Å². The zero-order chi connectivity index (χ0) is 20.8. The highest BCUT2D eigenvalue weighted by Gasteiger charge is 2.62. The zero-order valence-electron chi connectivity index (χ0n) is 15.9. The lowest BCUT2D eigenvalue weighted by atomic mass is 9.75. The number of carbonyl (C=O) groups excluding carboxylic acids is 2. The number of hydrogen-bond donors (Lipinski definition) is 4. The highest BCUT2D eigenvalue weighted by Crippen LogP contribution is 2.52. The van der Waals surface area contributed by atoms with Gasteiger partial charge < -0.3 is 29.9 Å². The van der Waals surface area contributed by atoms with E-state index in [1.165, 1.54) is 13.0 Å². The van der Waals surface area contributed by atoms with Crippen molar-refractivity contribution in [3.63, 3.8) is 0 Å². The van der Waals surface area contributed by atoms with E-state index in [1.807, 2.05) is 0 Å². The van der Waals surface area contributed by atoms with Crippen LogP contribution in [0.2, 0.25) is 0 Å². The van der Waals surface area contributed by atoms with Gasteiger partial charge in [-0.15, -0.1) is 0 Å². The summed E-state index contributed by atoms with van der Waals surface area (Å²) in [5, 5.41) is 40.6. The van der Waals surface area contributed by atoms with Crippen molar-refractivity contribution in [1.82, 2.24) is 0 Å². The Kier molecular flexibility index (Phi) is 5.51. The van der Waals surface area contributed by atoms with Crippen LogP contribution < -0.4 is 0 Å². The maximum atomic E-state index is 12.4. The van der Waals surface area contributed by atoms with Crippen molar-refractivity contribution in [2.75, 3.05) is 13.2 Å². The molecule has 0 spiro atoms. The Morgan fingerprint density at radius 1 is 1.43 bits per heavy atom.